The van der Waals surface area contributed by atoms with Gasteiger partial charge in [0, 0.05) is 12.5 Å². The Morgan fingerprint density at radius 2 is 1.94 bits per heavy atom. The van der Waals surface area contributed by atoms with Crippen LogP contribution in [0.4, 0.5) is 0 Å². The highest BCUT2D eigenvalue weighted by Crippen LogP contribution is 2.55. The molecule has 1 fully saturated rings. The molecule has 2 bridgehead atoms. The number of hydrogen-bond acceptors (Lipinski definition) is 2. The fourth-order valence-corrected chi connectivity index (χ4v) is 3.69. The Morgan fingerprint density at radius 1 is 1.19 bits per heavy atom. The first-order valence-electron chi connectivity index (χ1n) is 6.17. The molecule has 0 aliphatic heterocycles. The fraction of sp³-hybridized carbons (Fsp3) is 0.571. The highest BCUT2D eigenvalue weighted by Gasteiger charge is 2.48. The first kappa shape index (κ1) is 10.3. The predicted octanol–water partition coefficient (Wildman–Crippen LogP) is 2.16. The van der Waals surface area contributed by atoms with Crippen LogP contribution in [0.3, 0.4) is 0 Å². The van der Waals surface area contributed by atoms with Crippen molar-refractivity contribution >= 4 is 0 Å². The van der Waals surface area contributed by atoms with Gasteiger partial charge < -0.3 is 10.2 Å². The topological polar surface area (TPSA) is 40.5 Å². The summed E-state index contributed by atoms with van der Waals surface area (Å²) >= 11 is 0. The van der Waals surface area contributed by atoms with Gasteiger partial charge in [-0.25, -0.2) is 0 Å². The zero-order valence-corrected chi connectivity index (χ0v) is 9.39. The second-order valence-electron chi connectivity index (χ2n) is 5.24. The maximum Gasteiger partial charge on any atom is 0.0743 e. The maximum absolute atomic E-state index is 10.6. The van der Waals surface area contributed by atoms with E-state index in [1.807, 2.05) is 0 Å². The van der Waals surface area contributed by atoms with Crippen LogP contribution >= 0.6 is 0 Å². The van der Waals surface area contributed by atoms with Gasteiger partial charge in [-0.1, -0.05) is 24.3 Å². The number of benzene rings is 1. The average Bonchev–Trinajstić information content (AvgIpc) is 2.30. The Kier molecular flexibility index (Phi) is 2.30. The summed E-state index contributed by atoms with van der Waals surface area (Å²) in [5.41, 5.74) is 2.09. The van der Waals surface area contributed by atoms with E-state index in [-0.39, 0.29) is 12.5 Å². The van der Waals surface area contributed by atoms with Gasteiger partial charge in [0.2, 0.25) is 0 Å². The van der Waals surface area contributed by atoms with Crippen molar-refractivity contribution in [3.63, 3.8) is 0 Å². The minimum Gasteiger partial charge on any atom is -0.396 e. The van der Waals surface area contributed by atoms with Crippen molar-refractivity contribution < 1.29 is 10.2 Å². The van der Waals surface area contributed by atoms with Gasteiger partial charge in [0.1, 0.15) is 0 Å². The van der Waals surface area contributed by atoms with Gasteiger partial charge >= 0.3 is 0 Å². The largest absolute Gasteiger partial charge is 0.396 e. The first-order chi connectivity index (χ1) is 7.74. The monoisotopic (exact) mass is 218 g/mol. The third-order valence-electron chi connectivity index (χ3n) is 4.41. The summed E-state index contributed by atoms with van der Waals surface area (Å²) in [6.45, 7) is 0.0852. The molecule has 3 aliphatic rings. The number of aliphatic hydroxyl groups is 2. The van der Waals surface area contributed by atoms with Crippen LogP contribution in [-0.2, 0) is 0 Å². The van der Waals surface area contributed by atoms with Crippen molar-refractivity contribution in [3.8, 4) is 0 Å². The highest BCUT2D eigenvalue weighted by atomic mass is 16.3. The molecule has 4 rings (SSSR count). The van der Waals surface area contributed by atoms with E-state index in [2.05, 4.69) is 24.3 Å². The van der Waals surface area contributed by atoms with Crippen LogP contribution < -0.4 is 0 Å². The SMILES string of the molecule is OCC[C@@]1(O)C[C@@H]2CC[C@H]1c1ccccc12. The van der Waals surface area contributed by atoms with Crippen LogP contribution in [0.5, 0.6) is 0 Å². The van der Waals surface area contributed by atoms with E-state index < -0.39 is 5.60 Å². The summed E-state index contributed by atoms with van der Waals surface area (Å²) in [5, 5.41) is 19.7. The van der Waals surface area contributed by atoms with Crippen molar-refractivity contribution in [3.05, 3.63) is 35.4 Å². The van der Waals surface area contributed by atoms with Crippen LogP contribution in [-0.4, -0.2) is 22.4 Å². The Labute approximate surface area is 95.9 Å². The molecule has 3 aliphatic carbocycles. The Balaban J connectivity index is 2.05. The lowest BCUT2D eigenvalue weighted by atomic mass is 9.58. The molecule has 2 nitrogen and oxygen atoms in total. The molecule has 0 spiro atoms. The smallest absolute Gasteiger partial charge is 0.0743 e. The standard InChI is InChI=1S/C14H18O2/c15-8-7-14(16)9-10-5-6-13(14)12-4-2-1-3-11(10)12/h1-4,10,13,15-16H,5-9H2/t10-,13-,14+/m0/s1. The van der Waals surface area contributed by atoms with Crippen molar-refractivity contribution in [2.24, 2.45) is 0 Å². The van der Waals surface area contributed by atoms with Crippen molar-refractivity contribution in [2.45, 2.75) is 43.1 Å². The van der Waals surface area contributed by atoms with Gasteiger partial charge in [0.15, 0.2) is 0 Å². The van der Waals surface area contributed by atoms with Crippen LogP contribution in [0.2, 0.25) is 0 Å². The van der Waals surface area contributed by atoms with Crippen molar-refractivity contribution in [1.29, 1.82) is 0 Å². The van der Waals surface area contributed by atoms with E-state index in [1.54, 1.807) is 0 Å². The van der Waals surface area contributed by atoms with E-state index in [9.17, 15) is 5.11 Å². The molecule has 0 saturated heterocycles. The number of fused-ring (bicyclic) bond motifs is 2. The molecular weight excluding hydrogens is 200 g/mol. The molecule has 2 heteroatoms. The quantitative estimate of drug-likeness (QED) is 0.798. The van der Waals surface area contributed by atoms with Crippen LogP contribution in [0.15, 0.2) is 24.3 Å². The molecule has 0 amide bonds. The van der Waals surface area contributed by atoms with Crippen LogP contribution in [0.1, 0.15) is 48.6 Å². The molecule has 1 aromatic carbocycles. The van der Waals surface area contributed by atoms with Crippen LogP contribution in [0.25, 0.3) is 0 Å². The van der Waals surface area contributed by atoms with E-state index in [1.165, 1.54) is 17.5 Å². The lowest BCUT2D eigenvalue weighted by Crippen LogP contribution is -2.46. The summed E-state index contributed by atoms with van der Waals surface area (Å²) < 4.78 is 0. The summed E-state index contributed by atoms with van der Waals surface area (Å²) in [6.07, 6.45) is 3.60. The number of rotatable bonds is 2. The normalized spacial score (nSPS) is 36.1. The summed E-state index contributed by atoms with van der Waals surface area (Å²) in [6, 6.07) is 8.49. The molecular formula is C14H18O2. The van der Waals surface area contributed by atoms with E-state index >= 15 is 0 Å². The zero-order valence-electron chi connectivity index (χ0n) is 9.39. The number of aliphatic hydroxyl groups excluding tert-OH is 1. The van der Waals surface area contributed by atoms with Gasteiger partial charge in [-0.15, -0.1) is 0 Å². The third-order valence-corrected chi connectivity index (χ3v) is 4.41. The molecule has 3 atom stereocenters. The lowest BCUT2D eigenvalue weighted by molar-refractivity contribution is -0.0501. The van der Waals surface area contributed by atoms with E-state index in [4.69, 9.17) is 5.11 Å². The molecule has 1 aromatic rings. The fourth-order valence-electron chi connectivity index (χ4n) is 3.69. The maximum atomic E-state index is 10.6. The zero-order chi connectivity index (χ0) is 11.2. The second-order valence-corrected chi connectivity index (χ2v) is 5.24. The highest BCUT2D eigenvalue weighted by molar-refractivity contribution is 5.41. The van der Waals surface area contributed by atoms with Gasteiger partial charge in [-0.05, 0) is 42.7 Å². The van der Waals surface area contributed by atoms with Crippen LogP contribution in [0, 0.1) is 0 Å². The Hall–Kier alpha value is -0.860. The minimum atomic E-state index is -0.661. The molecule has 0 unspecified atom stereocenters. The molecule has 0 heterocycles. The predicted molar refractivity (Wildman–Crippen MR) is 62.4 cm³/mol. The van der Waals surface area contributed by atoms with Gasteiger partial charge in [-0.3, -0.25) is 0 Å². The second kappa shape index (κ2) is 3.57. The molecule has 16 heavy (non-hydrogen) atoms. The molecule has 1 saturated carbocycles. The summed E-state index contributed by atoms with van der Waals surface area (Å²) in [7, 11) is 0. The molecule has 0 radical (unpaired) electrons. The third kappa shape index (κ3) is 1.33. The molecule has 0 aromatic heterocycles. The van der Waals surface area contributed by atoms with Gasteiger partial charge in [0.05, 0.1) is 5.60 Å². The minimum absolute atomic E-state index is 0.0852. The average molecular weight is 218 g/mol. The molecule has 2 N–H and O–H groups in total. The van der Waals surface area contributed by atoms with Gasteiger partial charge in [0.25, 0.3) is 0 Å². The Morgan fingerprint density at radius 3 is 2.69 bits per heavy atom. The first-order valence-corrected chi connectivity index (χ1v) is 6.17. The molecule has 86 valence electrons. The van der Waals surface area contributed by atoms with Crippen molar-refractivity contribution in [1.82, 2.24) is 0 Å². The van der Waals surface area contributed by atoms with Crippen molar-refractivity contribution in [2.75, 3.05) is 6.61 Å². The Bertz CT molecular complexity index is 401. The summed E-state index contributed by atoms with van der Waals surface area (Å²) in [4.78, 5) is 0. The number of hydrogen-bond donors (Lipinski definition) is 2. The lowest BCUT2D eigenvalue weighted by Gasteiger charge is -2.49. The summed E-state index contributed by atoms with van der Waals surface area (Å²) in [5.74, 6) is 0.735. The van der Waals surface area contributed by atoms with Gasteiger partial charge in [-0.2, -0.15) is 0 Å². The van der Waals surface area contributed by atoms with E-state index in [0.29, 0.717) is 12.3 Å². The van der Waals surface area contributed by atoms with E-state index in [0.717, 1.165) is 12.8 Å².